The number of amides is 1. The Hall–Kier alpha value is -2.56. The van der Waals surface area contributed by atoms with Crippen molar-refractivity contribution in [1.29, 1.82) is 0 Å². The third-order valence-electron chi connectivity index (χ3n) is 4.56. The smallest absolute Gasteiger partial charge is 0.259 e. The van der Waals surface area contributed by atoms with Crippen LogP contribution in [0.5, 0.6) is 5.75 Å². The molecule has 1 fully saturated rings. The van der Waals surface area contributed by atoms with E-state index in [1.807, 2.05) is 13.0 Å². The zero-order chi connectivity index (χ0) is 17.8. The number of piperidine rings is 1. The van der Waals surface area contributed by atoms with Gasteiger partial charge in [-0.15, -0.1) is 0 Å². The van der Waals surface area contributed by atoms with Crippen molar-refractivity contribution in [2.45, 2.75) is 26.2 Å². The van der Waals surface area contributed by atoms with Gasteiger partial charge in [0.1, 0.15) is 11.6 Å². The van der Waals surface area contributed by atoms with Crippen molar-refractivity contribution in [3.63, 3.8) is 0 Å². The van der Waals surface area contributed by atoms with Crippen LogP contribution < -0.4 is 15.0 Å². The van der Waals surface area contributed by atoms with E-state index < -0.39 is 0 Å². The summed E-state index contributed by atoms with van der Waals surface area (Å²) < 4.78 is 19.8. The summed E-state index contributed by atoms with van der Waals surface area (Å²) in [5.41, 5.74) is 2.35. The lowest BCUT2D eigenvalue weighted by atomic mass is 10.1. The van der Waals surface area contributed by atoms with E-state index in [9.17, 15) is 9.18 Å². The number of carbonyl (C=O) groups excluding carboxylic acids is 1. The van der Waals surface area contributed by atoms with Gasteiger partial charge >= 0.3 is 0 Å². The first kappa shape index (κ1) is 17.3. The molecule has 1 N–H and O–H groups in total. The van der Waals surface area contributed by atoms with Crippen LogP contribution in [0, 0.1) is 12.7 Å². The Morgan fingerprint density at radius 1 is 1.16 bits per heavy atom. The van der Waals surface area contributed by atoms with Crippen molar-refractivity contribution in [1.82, 2.24) is 0 Å². The number of ether oxygens (including phenoxy) is 1. The standard InChI is InChI=1S/C20H23FN2O2/c1-14-7-6-8-16(19(14)25-2)20(24)22-15-9-10-18(17(21)13-15)23-11-4-3-5-12-23/h6-10,13H,3-5,11-12H2,1-2H3,(H,22,24). The van der Waals surface area contributed by atoms with E-state index in [0.717, 1.165) is 31.5 Å². The molecule has 1 heterocycles. The first-order chi connectivity index (χ1) is 12.1. The number of anilines is 2. The molecule has 1 aliphatic rings. The molecule has 132 valence electrons. The summed E-state index contributed by atoms with van der Waals surface area (Å²) >= 11 is 0. The summed E-state index contributed by atoms with van der Waals surface area (Å²) in [5.74, 6) is -0.0908. The minimum Gasteiger partial charge on any atom is -0.496 e. The number of methoxy groups -OCH3 is 1. The van der Waals surface area contributed by atoms with Crippen LogP contribution in [0.3, 0.4) is 0 Å². The van der Waals surface area contributed by atoms with Gasteiger partial charge in [-0.1, -0.05) is 12.1 Å². The summed E-state index contributed by atoms with van der Waals surface area (Å²) in [6.07, 6.45) is 3.38. The van der Waals surface area contributed by atoms with Crippen molar-refractivity contribution >= 4 is 17.3 Å². The fourth-order valence-electron chi connectivity index (χ4n) is 3.28. The van der Waals surface area contributed by atoms with Gasteiger partial charge in [0.25, 0.3) is 5.91 Å². The van der Waals surface area contributed by atoms with Gasteiger partial charge in [0.15, 0.2) is 0 Å². The second-order valence-electron chi connectivity index (χ2n) is 6.32. The molecule has 0 unspecified atom stereocenters. The van der Waals surface area contributed by atoms with Gasteiger partial charge in [0.05, 0.1) is 18.4 Å². The molecule has 0 aromatic heterocycles. The highest BCUT2D eigenvalue weighted by molar-refractivity contribution is 6.06. The minimum absolute atomic E-state index is 0.309. The number of nitrogens with zero attached hydrogens (tertiary/aromatic N) is 1. The first-order valence-electron chi connectivity index (χ1n) is 8.59. The van der Waals surface area contributed by atoms with Gasteiger partial charge in [0.2, 0.25) is 0 Å². The monoisotopic (exact) mass is 342 g/mol. The first-order valence-corrected chi connectivity index (χ1v) is 8.59. The summed E-state index contributed by atoms with van der Waals surface area (Å²) in [7, 11) is 1.53. The molecule has 0 bridgehead atoms. The number of para-hydroxylation sites is 1. The number of halogens is 1. The lowest BCUT2D eigenvalue weighted by Crippen LogP contribution is -2.30. The molecule has 2 aromatic rings. The fourth-order valence-corrected chi connectivity index (χ4v) is 3.28. The molecule has 3 rings (SSSR count). The lowest BCUT2D eigenvalue weighted by Gasteiger charge is -2.29. The highest BCUT2D eigenvalue weighted by atomic mass is 19.1. The molecule has 0 saturated carbocycles. The van der Waals surface area contributed by atoms with Gasteiger partial charge in [-0.05, 0) is 56.0 Å². The summed E-state index contributed by atoms with van der Waals surface area (Å²) in [6, 6.07) is 10.2. The molecule has 0 atom stereocenters. The summed E-state index contributed by atoms with van der Waals surface area (Å²) in [5, 5.41) is 2.75. The second kappa shape index (κ2) is 7.55. The Kier molecular flexibility index (Phi) is 5.22. The van der Waals surface area contributed by atoms with Crippen LogP contribution >= 0.6 is 0 Å². The second-order valence-corrected chi connectivity index (χ2v) is 6.32. The molecule has 4 nitrogen and oxygen atoms in total. The van der Waals surface area contributed by atoms with Crippen LogP contribution in [0.2, 0.25) is 0 Å². The van der Waals surface area contributed by atoms with Crippen molar-refractivity contribution in [2.24, 2.45) is 0 Å². The Bertz CT molecular complexity index is 770. The average molecular weight is 342 g/mol. The van der Waals surface area contributed by atoms with Crippen molar-refractivity contribution in [2.75, 3.05) is 30.4 Å². The van der Waals surface area contributed by atoms with E-state index in [2.05, 4.69) is 10.2 Å². The molecular formula is C20H23FN2O2. The van der Waals surface area contributed by atoms with Crippen molar-refractivity contribution < 1.29 is 13.9 Å². The van der Waals surface area contributed by atoms with Gasteiger partial charge in [0, 0.05) is 18.8 Å². The van der Waals surface area contributed by atoms with Crippen LogP contribution in [0.1, 0.15) is 35.2 Å². The average Bonchev–Trinajstić information content (AvgIpc) is 2.62. The van der Waals surface area contributed by atoms with E-state index >= 15 is 0 Å². The predicted octanol–water partition coefficient (Wildman–Crippen LogP) is 4.39. The molecule has 0 spiro atoms. The van der Waals surface area contributed by atoms with E-state index in [0.29, 0.717) is 22.7 Å². The van der Waals surface area contributed by atoms with E-state index in [1.54, 1.807) is 24.3 Å². The normalized spacial score (nSPS) is 14.3. The zero-order valence-electron chi connectivity index (χ0n) is 14.6. The van der Waals surface area contributed by atoms with Gasteiger partial charge in [-0.3, -0.25) is 4.79 Å². The molecule has 1 amide bonds. The van der Waals surface area contributed by atoms with E-state index in [-0.39, 0.29) is 11.7 Å². The maximum absolute atomic E-state index is 14.5. The molecule has 5 heteroatoms. The van der Waals surface area contributed by atoms with Gasteiger partial charge in [-0.25, -0.2) is 4.39 Å². The SMILES string of the molecule is COc1c(C)cccc1C(=O)Nc1ccc(N2CCCCC2)c(F)c1. The quantitative estimate of drug-likeness (QED) is 0.896. The van der Waals surface area contributed by atoms with Crippen molar-refractivity contribution in [3.8, 4) is 5.75 Å². The Balaban J connectivity index is 1.78. The number of carbonyl (C=O) groups is 1. The third kappa shape index (κ3) is 3.76. The van der Waals surface area contributed by atoms with E-state index in [1.165, 1.54) is 19.6 Å². The number of nitrogens with one attached hydrogen (secondary N) is 1. The fraction of sp³-hybridized carbons (Fsp3) is 0.350. The lowest BCUT2D eigenvalue weighted by molar-refractivity contribution is 0.102. The largest absolute Gasteiger partial charge is 0.496 e. The third-order valence-corrected chi connectivity index (χ3v) is 4.56. The molecule has 0 radical (unpaired) electrons. The maximum Gasteiger partial charge on any atom is 0.259 e. The van der Waals surface area contributed by atoms with Crippen LogP contribution in [0.15, 0.2) is 36.4 Å². The minimum atomic E-state index is -0.314. The molecule has 1 aliphatic heterocycles. The summed E-state index contributed by atoms with van der Waals surface area (Å²) in [6.45, 7) is 3.63. The summed E-state index contributed by atoms with van der Waals surface area (Å²) in [4.78, 5) is 14.6. The van der Waals surface area contributed by atoms with Crippen LogP contribution in [0.25, 0.3) is 0 Å². The Labute approximate surface area is 147 Å². The van der Waals surface area contributed by atoms with Gasteiger partial charge < -0.3 is 15.0 Å². The topological polar surface area (TPSA) is 41.6 Å². The molecule has 25 heavy (non-hydrogen) atoms. The predicted molar refractivity (Wildman–Crippen MR) is 98.1 cm³/mol. The highest BCUT2D eigenvalue weighted by Crippen LogP contribution is 2.27. The number of aryl methyl sites for hydroxylation is 1. The van der Waals surface area contributed by atoms with Crippen molar-refractivity contribution in [3.05, 3.63) is 53.3 Å². The number of hydrogen-bond acceptors (Lipinski definition) is 3. The Morgan fingerprint density at radius 2 is 1.92 bits per heavy atom. The highest BCUT2D eigenvalue weighted by Gasteiger charge is 2.17. The molecule has 1 saturated heterocycles. The zero-order valence-corrected chi connectivity index (χ0v) is 14.6. The molecule has 0 aliphatic carbocycles. The van der Waals surface area contributed by atoms with E-state index in [4.69, 9.17) is 4.74 Å². The molecular weight excluding hydrogens is 319 g/mol. The number of benzene rings is 2. The number of rotatable bonds is 4. The maximum atomic E-state index is 14.5. The van der Waals surface area contributed by atoms with Gasteiger partial charge in [-0.2, -0.15) is 0 Å². The van der Waals surface area contributed by atoms with Crippen LogP contribution in [-0.4, -0.2) is 26.1 Å². The van der Waals surface area contributed by atoms with Crippen LogP contribution in [-0.2, 0) is 0 Å². The number of hydrogen-bond donors (Lipinski definition) is 1. The molecule has 2 aromatic carbocycles. The Morgan fingerprint density at radius 3 is 2.60 bits per heavy atom. The van der Waals surface area contributed by atoms with Crippen LogP contribution in [0.4, 0.5) is 15.8 Å².